The van der Waals surface area contributed by atoms with E-state index in [9.17, 15) is 13.2 Å². The predicted octanol–water partition coefficient (Wildman–Crippen LogP) is 4.41. The van der Waals surface area contributed by atoms with Crippen molar-refractivity contribution in [2.45, 2.75) is 25.4 Å². The number of nitrogens with zero attached hydrogens (tertiary/aromatic N) is 5. The number of halogens is 4. The van der Waals surface area contributed by atoms with Crippen molar-refractivity contribution in [3.63, 3.8) is 0 Å². The topological polar surface area (TPSA) is 46.3 Å². The van der Waals surface area contributed by atoms with Crippen molar-refractivity contribution in [1.82, 2.24) is 19.7 Å². The molecule has 1 aromatic carbocycles. The summed E-state index contributed by atoms with van der Waals surface area (Å²) in [7, 11) is 0. The molecular weight excluding hydrogens is 403 g/mol. The fourth-order valence-corrected chi connectivity index (χ4v) is 3.64. The molecule has 1 unspecified atom stereocenters. The molecular formula is C20H17ClF3N5. The van der Waals surface area contributed by atoms with Gasteiger partial charge >= 0.3 is 0 Å². The highest BCUT2D eigenvalue weighted by molar-refractivity contribution is 6.24. The second-order valence-corrected chi connectivity index (χ2v) is 6.91. The summed E-state index contributed by atoms with van der Waals surface area (Å²) >= 11 is 6.31. The summed E-state index contributed by atoms with van der Waals surface area (Å²) < 4.78 is 42.4. The highest BCUT2D eigenvalue weighted by Gasteiger charge is 2.30. The lowest BCUT2D eigenvalue weighted by molar-refractivity contribution is 0.185. The lowest BCUT2D eigenvalue weighted by atomic mass is 10.2. The van der Waals surface area contributed by atoms with Gasteiger partial charge in [-0.2, -0.15) is 5.10 Å². The van der Waals surface area contributed by atoms with Gasteiger partial charge in [0.25, 0.3) is 6.43 Å². The first-order chi connectivity index (χ1) is 14.0. The normalized spacial score (nSPS) is 17.0. The maximum Gasteiger partial charge on any atom is 0.280 e. The average molecular weight is 420 g/mol. The van der Waals surface area contributed by atoms with Gasteiger partial charge in [0.15, 0.2) is 11.5 Å². The van der Waals surface area contributed by atoms with Crippen molar-refractivity contribution in [1.29, 1.82) is 0 Å². The molecule has 3 aromatic rings. The number of hydrogen-bond acceptors (Lipinski definition) is 4. The van der Waals surface area contributed by atoms with E-state index in [-0.39, 0.29) is 18.2 Å². The maximum atomic E-state index is 14.1. The smallest absolute Gasteiger partial charge is 0.280 e. The monoisotopic (exact) mass is 419 g/mol. The number of benzene rings is 1. The number of allylic oxidation sites excluding steroid dienone is 1. The van der Waals surface area contributed by atoms with Gasteiger partial charge in [-0.3, -0.25) is 0 Å². The van der Waals surface area contributed by atoms with Crippen LogP contribution in [-0.2, 0) is 6.54 Å². The van der Waals surface area contributed by atoms with Gasteiger partial charge in [0.2, 0.25) is 0 Å². The Labute approximate surface area is 170 Å². The molecule has 1 atom stereocenters. The number of likely N-dealkylation sites (N-methyl/N-ethyl adjacent to an activating group) is 1. The SMILES string of the molecule is CCN1C(c2nn(Cc3ccccc3F)c3ncccc23)=NC(C(F)F)=CC1Cl. The summed E-state index contributed by atoms with van der Waals surface area (Å²) in [4.78, 5) is 10.2. The van der Waals surface area contributed by atoms with E-state index in [1.165, 1.54) is 12.1 Å². The van der Waals surface area contributed by atoms with Crippen LogP contribution in [0.5, 0.6) is 0 Å². The first kappa shape index (κ1) is 19.4. The Hall–Kier alpha value is -2.87. The predicted molar refractivity (Wildman–Crippen MR) is 106 cm³/mol. The summed E-state index contributed by atoms with van der Waals surface area (Å²) in [5.41, 5.74) is 0.146. The van der Waals surface area contributed by atoms with Crippen LogP contribution >= 0.6 is 11.6 Å². The number of alkyl halides is 3. The zero-order chi connectivity index (χ0) is 20.5. The molecule has 0 aliphatic carbocycles. The third-order valence-corrected chi connectivity index (χ3v) is 5.04. The summed E-state index contributed by atoms with van der Waals surface area (Å²) in [6.45, 7) is 2.44. The number of pyridine rings is 1. The Kier molecular flexibility index (Phi) is 5.27. The Morgan fingerprint density at radius 1 is 1.17 bits per heavy atom. The van der Waals surface area contributed by atoms with Gasteiger partial charge in [0.1, 0.15) is 22.7 Å². The summed E-state index contributed by atoms with van der Waals surface area (Å²) in [5, 5.41) is 5.19. The minimum absolute atomic E-state index is 0.140. The standard InChI is InChI=1S/C20H17ClF3N5/c1-2-28-16(21)10-15(18(23)24)26-20(28)17-13-7-5-9-25-19(13)29(27-17)11-12-6-3-4-8-14(12)22/h3-10,16,18H,2,11H2,1H3. The van der Waals surface area contributed by atoms with Crippen LogP contribution in [-0.4, -0.2) is 44.0 Å². The van der Waals surface area contributed by atoms with Crippen LogP contribution in [0.25, 0.3) is 11.0 Å². The molecule has 0 saturated carbocycles. The van der Waals surface area contributed by atoms with Crippen molar-refractivity contribution in [3.8, 4) is 0 Å². The van der Waals surface area contributed by atoms with Gasteiger partial charge in [0.05, 0.1) is 11.9 Å². The van der Waals surface area contributed by atoms with Crippen LogP contribution in [0, 0.1) is 5.82 Å². The van der Waals surface area contributed by atoms with E-state index < -0.39 is 17.6 Å². The number of aliphatic imine (C=N–C) groups is 1. The largest absolute Gasteiger partial charge is 0.335 e. The minimum atomic E-state index is -2.75. The number of aromatic nitrogens is 3. The quantitative estimate of drug-likeness (QED) is 0.454. The molecule has 4 rings (SSSR count). The summed E-state index contributed by atoms with van der Waals surface area (Å²) in [6, 6.07) is 9.88. The molecule has 1 aliphatic rings. The van der Waals surface area contributed by atoms with Gasteiger partial charge in [-0.05, 0) is 31.2 Å². The molecule has 1 aliphatic heterocycles. The van der Waals surface area contributed by atoms with E-state index in [0.29, 0.717) is 28.8 Å². The fraction of sp³-hybridized carbons (Fsp3) is 0.250. The number of amidine groups is 1. The lowest BCUT2D eigenvalue weighted by Crippen LogP contribution is -2.40. The number of fused-ring (bicyclic) bond motifs is 1. The molecule has 0 amide bonds. The fourth-order valence-electron chi connectivity index (χ4n) is 3.28. The highest BCUT2D eigenvalue weighted by atomic mass is 35.5. The molecule has 3 heterocycles. The van der Waals surface area contributed by atoms with E-state index in [2.05, 4.69) is 15.1 Å². The molecule has 29 heavy (non-hydrogen) atoms. The Balaban J connectivity index is 1.86. The minimum Gasteiger partial charge on any atom is -0.335 e. The third-order valence-electron chi connectivity index (χ3n) is 4.67. The van der Waals surface area contributed by atoms with E-state index >= 15 is 0 Å². The van der Waals surface area contributed by atoms with E-state index in [0.717, 1.165) is 0 Å². The van der Waals surface area contributed by atoms with Crippen LogP contribution < -0.4 is 0 Å². The molecule has 0 saturated heterocycles. The maximum absolute atomic E-state index is 14.1. The van der Waals surface area contributed by atoms with Gasteiger partial charge in [-0.25, -0.2) is 27.8 Å². The van der Waals surface area contributed by atoms with Crippen molar-refractivity contribution < 1.29 is 13.2 Å². The molecule has 150 valence electrons. The second kappa shape index (κ2) is 7.87. The van der Waals surface area contributed by atoms with Gasteiger partial charge in [0, 0.05) is 18.3 Å². The molecule has 5 nitrogen and oxygen atoms in total. The first-order valence-corrected chi connectivity index (χ1v) is 9.47. The molecule has 0 N–H and O–H groups in total. The van der Waals surface area contributed by atoms with E-state index in [1.807, 2.05) is 6.92 Å². The zero-order valence-corrected chi connectivity index (χ0v) is 16.2. The average Bonchev–Trinajstić information content (AvgIpc) is 3.07. The van der Waals surface area contributed by atoms with Crippen LogP contribution in [0.15, 0.2) is 59.4 Å². The van der Waals surface area contributed by atoms with E-state index in [4.69, 9.17) is 11.6 Å². The van der Waals surface area contributed by atoms with Crippen molar-refractivity contribution in [3.05, 3.63) is 71.4 Å². The number of hydrogen-bond donors (Lipinski definition) is 0. The van der Waals surface area contributed by atoms with E-state index in [1.54, 1.807) is 46.1 Å². The van der Waals surface area contributed by atoms with Crippen molar-refractivity contribution >= 4 is 28.5 Å². The van der Waals surface area contributed by atoms with Crippen LogP contribution in [0.3, 0.4) is 0 Å². The first-order valence-electron chi connectivity index (χ1n) is 9.04. The van der Waals surface area contributed by atoms with Crippen molar-refractivity contribution in [2.75, 3.05) is 6.54 Å². The van der Waals surface area contributed by atoms with Crippen LogP contribution in [0.1, 0.15) is 18.2 Å². The molecule has 0 radical (unpaired) electrons. The number of rotatable bonds is 5. The van der Waals surface area contributed by atoms with Crippen LogP contribution in [0.2, 0.25) is 0 Å². The highest BCUT2D eigenvalue weighted by Crippen LogP contribution is 2.27. The van der Waals surface area contributed by atoms with Crippen molar-refractivity contribution in [2.24, 2.45) is 4.99 Å². The Bertz CT molecular complexity index is 1110. The molecule has 0 spiro atoms. The van der Waals surface area contributed by atoms with Gasteiger partial charge in [-0.1, -0.05) is 29.8 Å². The zero-order valence-electron chi connectivity index (χ0n) is 15.4. The lowest BCUT2D eigenvalue weighted by Gasteiger charge is -2.30. The Morgan fingerprint density at radius 3 is 2.69 bits per heavy atom. The Morgan fingerprint density at radius 2 is 1.97 bits per heavy atom. The third kappa shape index (κ3) is 3.60. The van der Waals surface area contributed by atoms with Crippen LogP contribution in [0.4, 0.5) is 13.2 Å². The molecule has 0 fully saturated rings. The molecule has 9 heteroatoms. The summed E-state index contributed by atoms with van der Waals surface area (Å²) in [6.07, 6.45) is 0.0756. The summed E-state index contributed by atoms with van der Waals surface area (Å²) in [5.74, 6) is -0.113. The van der Waals surface area contributed by atoms with Gasteiger partial charge < -0.3 is 4.90 Å². The van der Waals surface area contributed by atoms with Gasteiger partial charge in [-0.15, -0.1) is 0 Å². The molecule has 2 aromatic heterocycles. The molecule has 0 bridgehead atoms. The second-order valence-electron chi connectivity index (χ2n) is 6.46.